The molecule has 3 heterocycles. The molecule has 2 aromatic rings. The van der Waals surface area contributed by atoms with Gasteiger partial charge in [-0.05, 0) is 26.7 Å². The monoisotopic (exact) mass is 544 g/mol. The number of nitrogens with zero attached hydrogens (tertiary/aromatic N) is 3. The normalized spacial score (nSPS) is 17.6. The molecule has 0 aromatic carbocycles. The first-order valence-corrected chi connectivity index (χ1v) is 13.0. The second-order valence-corrected chi connectivity index (χ2v) is 9.19. The highest BCUT2D eigenvalue weighted by Crippen LogP contribution is 2.30. The van der Waals surface area contributed by atoms with E-state index in [4.69, 9.17) is 21.1 Å². The van der Waals surface area contributed by atoms with E-state index in [1.165, 1.54) is 0 Å². The first-order valence-electron chi connectivity index (χ1n) is 11.8. The van der Waals surface area contributed by atoms with Crippen LogP contribution in [0, 0.1) is 0 Å². The molecular weight excluding hydrogens is 515 g/mol. The number of aromatic amines is 1. The fourth-order valence-electron chi connectivity index (χ4n) is 3.78. The molecule has 2 unspecified atom stereocenters. The van der Waals surface area contributed by atoms with Crippen molar-refractivity contribution in [3.05, 3.63) is 27.2 Å². The van der Waals surface area contributed by atoms with Gasteiger partial charge in [-0.2, -0.15) is 0 Å². The van der Waals surface area contributed by atoms with Gasteiger partial charge in [0.1, 0.15) is 11.6 Å². The third-order valence-electron chi connectivity index (χ3n) is 5.50. The van der Waals surface area contributed by atoms with Gasteiger partial charge in [0, 0.05) is 26.2 Å². The van der Waals surface area contributed by atoms with Crippen LogP contribution in [0.2, 0.25) is 5.15 Å². The molecule has 0 aliphatic carbocycles. The molecular formula is C22H30ClFN6O5S. The number of esters is 1. The predicted molar refractivity (Wildman–Crippen MR) is 133 cm³/mol. The zero-order valence-corrected chi connectivity index (χ0v) is 21.9. The van der Waals surface area contributed by atoms with Crippen molar-refractivity contribution in [3.8, 4) is 0 Å². The summed E-state index contributed by atoms with van der Waals surface area (Å²) in [6.07, 6.45) is 0.750. The number of hydrogen-bond donors (Lipinski definition) is 3. The number of halogens is 2. The molecule has 2 atom stereocenters. The number of rotatable bonds is 11. The fraction of sp³-hybridized carbons (Fsp3) is 0.591. The van der Waals surface area contributed by atoms with Crippen molar-refractivity contribution in [2.75, 3.05) is 44.4 Å². The molecule has 1 fully saturated rings. The molecule has 3 N–H and O–H groups in total. The third-order valence-corrected chi connectivity index (χ3v) is 6.90. The Balaban J connectivity index is 1.77. The number of piperidine rings is 1. The Morgan fingerprint density at radius 3 is 2.64 bits per heavy atom. The number of carbonyl (C=O) groups excluding carboxylic acids is 3. The molecule has 0 radical (unpaired) electrons. The molecule has 3 rings (SSSR count). The Bertz CT molecular complexity index is 1080. The largest absolute Gasteiger partial charge is 0.462 e. The van der Waals surface area contributed by atoms with Gasteiger partial charge in [-0.15, -0.1) is 0 Å². The van der Waals surface area contributed by atoms with Crippen molar-refractivity contribution in [1.82, 2.24) is 25.6 Å². The maximum atomic E-state index is 12.8. The summed E-state index contributed by atoms with van der Waals surface area (Å²) in [5, 5.41) is 6.07. The number of amides is 2. The van der Waals surface area contributed by atoms with Gasteiger partial charge in [0.2, 0.25) is 0 Å². The van der Waals surface area contributed by atoms with Gasteiger partial charge in [-0.3, -0.25) is 9.59 Å². The first kappa shape index (κ1) is 27.8. The predicted octanol–water partition coefficient (Wildman–Crippen LogP) is 2.37. The Hall–Kier alpha value is -2.77. The number of ether oxygens (including phenoxy) is 2. The van der Waals surface area contributed by atoms with E-state index in [2.05, 4.69) is 25.6 Å². The number of H-pyrrole nitrogens is 1. The van der Waals surface area contributed by atoms with Crippen molar-refractivity contribution in [2.45, 2.75) is 45.8 Å². The Kier molecular flexibility index (Phi) is 10.0. The van der Waals surface area contributed by atoms with E-state index in [1.807, 2.05) is 18.7 Å². The van der Waals surface area contributed by atoms with E-state index >= 15 is 0 Å². The van der Waals surface area contributed by atoms with Crippen molar-refractivity contribution in [1.29, 1.82) is 0 Å². The fourth-order valence-corrected chi connectivity index (χ4v) is 5.04. The summed E-state index contributed by atoms with van der Waals surface area (Å²) >= 11 is 7.09. The highest BCUT2D eigenvalue weighted by molar-refractivity contribution is 7.17. The maximum absolute atomic E-state index is 12.8. The van der Waals surface area contributed by atoms with Gasteiger partial charge in [0.15, 0.2) is 21.8 Å². The number of aromatic nitrogens is 3. The quantitative estimate of drug-likeness (QED) is 0.366. The minimum Gasteiger partial charge on any atom is -0.462 e. The zero-order chi connectivity index (χ0) is 26.2. The van der Waals surface area contributed by atoms with Crippen LogP contribution in [0.3, 0.4) is 0 Å². The van der Waals surface area contributed by atoms with Gasteiger partial charge in [-0.1, -0.05) is 29.9 Å². The van der Waals surface area contributed by atoms with Gasteiger partial charge in [0.05, 0.1) is 24.4 Å². The van der Waals surface area contributed by atoms with Crippen LogP contribution in [-0.4, -0.2) is 84.4 Å². The molecule has 0 saturated carbocycles. The number of carbonyl (C=O) groups is 3. The smallest absolute Gasteiger partial charge is 0.350 e. The van der Waals surface area contributed by atoms with Crippen LogP contribution in [0.25, 0.3) is 0 Å². The van der Waals surface area contributed by atoms with Gasteiger partial charge in [0.25, 0.3) is 11.8 Å². The van der Waals surface area contributed by atoms with E-state index in [-0.39, 0.29) is 52.8 Å². The summed E-state index contributed by atoms with van der Waals surface area (Å²) < 4.78 is 23.5. The van der Waals surface area contributed by atoms with Gasteiger partial charge in [-0.25, -0.2) is 19.2 Å². The molecule has 1 aliphatic heterocycles. The van der Waals surface area contributed by atoms with Gasteiger partial charge < -0.3 is 30.0 Å². The number of anilines is 1. The molecule has 2 amide bonds. The molecule has 36 heavy (non-hydrogen) atoms. The second-order valence-electron chi connectivity index (χ2n) is 7.86. The third kappa shape index (κ3) is 6.51. The Morgan fingerprint density at radius 1 is 1.22 bits per heavy atom. The minimum absolute atomic E-state index is 0.0491. The number of alkyl halides is 1. The van der Waals surface area contributed by atoms with Crippen molar-refractivity contribution in [3.63, 3.8) is 0 Å². The lowest BCUT2D eigenvalue weighted by Gasteiger charge is -2.38. The molecule has 1 aliphatic rings. The Labute approximate surface area is 217 Å². The zero-order valence-electron chi connectivity index (χ0n) is 20.4. The van der Waals surface area contributed by atoms with E-state index in [9.17, 15) is 18.8 Å². The minimum atomic E-state index is -0.739. The molecule has 1 saturated heterocycles. The molecule has 11 nitrogen and oxygen atoms in total. The Morgan fingerprint density at radius 2 is 2.00 bits per heavy atom. The number of nitrogens with one attached hydrogen (secondary N) is 3. The van der Waals surface area contributed by atoms with Crippen LogP contribution in [-0.2, 0) is 15.9 Å². The number of aryl methyl sites for hydroxylation is 1. The lowest BCUT2D eigenvalue weighted by atomic mass is 10.0. The molecule has 0 spiro atoms. The van der Waals surface area contributed by atoms with E-state index in [1.54, 1.807) is 6.92 Å². The van der Waals surface area contributed by atoms with Crippen LogP contribution in [0.15, 0.2) is 0 Å². The summed E-state index contributed by atoms with van der Waals surface area (Å²) in [6, 6.07) is -0.306. The summed E-state index contributed by atoms with van der Waals surface area (Å²) in [5.74, 6) is -1.56. The first-order chi connectivity index (χ1) is 17.3. The van der Waals surface area contributed by atoms with E-state index in [0.29, 0.717) is 43.4 Å². The van der Waals surface area contributed by atoms with Crippen molar-refractivity contribution < 1.29 is 28.2 Å². The van der Waals surface area contributed by atoms with Crippen LogP contribution in [0.4, 0.5) is 9.52 Å². The SMILES string of the molecule is CCOC(=O)c1sc(N2CCC(NC(=O)c3nc(Cl)c(CC)[nH]3)C(OCC)C2)nc1C(=O)NCCF. The van der Waals surface area contributed by atoms with Crippen molar-refractivity contribution >= 4 is 45.9 Å². The van der Waals surface area contributed by atoms with E-state index in [0.717, 1.165) is 11.3 Å². The van der Waals surface area contributed by atoms with Crippen molar-refractivity contribution in [2.24, 2.45) is 0 Å². The summed E-state index contributed by atoms with van der Waals surface area (Å²) in [5.41, 5.74) is 0.581. The van der Waals surface area contributed by atoms with E-state index < -0.39 is 18.6 Å². The van der Waals surface area contributed by atoms with Crippen LogP contribution in [0.1, 0.15) is 63.7 Å². The summed E-state index contributed by atoms with van der Waals surface area (Å²) in [6.45, 7) is 5.89. The molecule has 14 heteroatoms. The van der Waals surface area contributed by atoms with Crippen LogP contribution >= 0.6 is 22.9 Å². The topological polar surface area (TPSA) is 139 Å². The average Bonchev–Trinajstić information content (AvgIpc) is 3.48. The van der Waals surface area contributed by atoms with Crippen LogP contribution < -0.4 is 15.5 Å². The molecule has 2 aromatic heterocycles. The molecule has 198 valence electrons. The highest BCUT2D eigenvalue weighted by atomic mass is 35.5. The molecule has 0 bridgehead atoms. The lowest BCUT2D eigenvalue weighted by molar-refractivity contribution is 0.0271. The highest BCUT2D eigenvalue weighted by Gasteiger charge is 2.34. The summed E-state index contributed by atoms with van der Waals surface area (Å²) in [7, 11) is 0. The average molecular weight is 545 g/mol. The number of imidazole rings is 1. The maximum Gasteiger partial charge on any atom is 0.350 e. The van der Waals surface area contributed by atoms with Gasteiger partial charge >= 0.3 is 5.97 Å². The number of hydrogen-bond acceptors (Lipinski definition) is 9. The van der Waals surface area contributed by atoms with Crippen LogP contribution in [0.5, 0.6) is 0 Å². The summed E-state index contributed by atoms with van der Waals surface area (Å²) in [4.78, 5) is 51.1. The number of thiazole rings is 1. The second kappa shape index (κ2) is 13.0. The standard InChI is InChI=1S/C22H30ClFN6O5S/c1-4-12-17(23)29-18(26-12)20(32)27-13-7-10-30(11-14(13)34-5-2)22-28-15(19(31)25-9-8-24)16(36-22)21(33)35-6-3/h13-14H,4-11H2,1-3H3,(H,25,31)(H,26,29)(H,27,32). The lowest BCUT2D eigenvalue weighted by Crippen LogP contribution is -2.55.